The minimum Gasteiger partial charge on any atom is -0.460 e. The molecule has 0 N–H and O–H groups in total. The smallest absolute Gasteiger partial charge is 0.313 e. The third-order valence-electron chi connectivity index (χ3n) is 13.6. The molecule has 5 aliphatic rings. The molecule has 8 atom stereocenters. The van der Waals surface area contributed by atoms with Crippen LogP contribution in [-0.4, -0.2) is 11.8 Å². The van der Waals surface area contributed by atoms with Crippen LogP contribution in [0.3, 0.4) is 0 Å². The zero-order valence-electron chi connectivity index (χ0n) is 25.3. The summed E-state index contributed by atoms with van der Waals surface area (Å²) >= 11 is 0. The lowest BCUT2D eigenvalue weighted by Gasteiger charge is -2.69. The van der Waals surface area contributed by atoms with Gasteiger partial charge >= 0.3 is 5.97 Å². The summed E-state index contributed by atoms with van der Waals surface area (Å²) in [6.07, 6.45) is 13.0. The molecule has 0 bridgehead atoms. The Balaban J connectivity index is 1.36. The van der Waals surface area contributed by atoms with Crippen LogP contribution in [0.1, 0.15) is 111 Å². The van der Waals surface area contributed by atoms with Gasteiger partial charge in [-0.1, -0.05) is 83.5 Å². The quantitative estimate of drug-likeness (QED) is 0.290. The molecule has 4 saturated carbocycles. The SMILES string of the molecule is C[C@@H]1C(=O)CC[C@]2(C)C3CC=C4[C@@H]5CC(C)(C)CC[C@]5(C(=O)OCc5ccccc5)CC[C@@]4(C)[C@]3(C)CC[C@@H]12. The first-order valence-corrected chi connectivity index (χ1v) is 15.8. The second-order valence-electron chi connectivity index (χ2n) is 15.7. The summed E-state index contributed by atoms with van der Waals surface area (Å²) in [6.45, 7) is 15.1. The fraction of sp³-hybridized carbons (Fsp3) is 0.722. The van der Waals surface area contributed by atoms with Crippen molar-refractivity contribution in [3.05, 3.63) is 47.5 Å². The third kappa shape index (κ3) is 3.87. The molecule has 1 aromatic carbocycles. The van der Waals surface area contributed by atoms with Crippen molar-refractivity contribution in [3.63, 3.8) is 0 Å². The Hall–Kier alpha value is -1.90. The molecule has 4 fully saturated rings. The van der Waals surface area contributed by atoms with Crippen molar-refractivity contribution in [1.29, 1.82) is 0 Å². The van der Waals surface area contributed by atoms with Gasteiger partial charge in [-0.05, 0) is 103 Å². The van der Waals surface area contributed by atoms with Crippen molar-refractivity contribution >= 4 is 11.8 Å². The molecule has 0 saturated heterocycles. The molecule has 1 aromatic rings. The van der Waals surface area contributed by atoms with E-state index in [-0.39, 0.29) is 39.5 Å². The molecule has 0 aliphatic heterocycles. The molecule has 3 nitrogen and oxygen atoms in total. The summed E-state index contributed by atoms with van der Waals surface area (Å²) in [5, 5.41) is 0. The predicted molar refractivity (Wildman–Crippen MR) is 156 cm³/mol. The fourth-order valence-corrected chi connectivity index (χ4v) is 10.9. The highest BCUT2D eigenvalue weighted by atomic mass is 16.5. The molecule has 0 spiro atoms. The molecule has 5 aliphatic carbocycles. The largest absolute Gasteiger partial charge is 0.460 e. The summed E-state index contributed by atoms with van der Waals surface area (Å²) < 4.78 is 6.15. The van der Waals surface area contributed by atoms with Gasteiger partial charge in [0.1, 0.15) is 12.4 Å². The Morgan fingerprint density at radius 1 is 0.949 bits per heavy atom. The molecule has 0 heterocycles. The van der Waals surface area contributed by atoms with E-state index in [0.29, 0.717) is 24.2 Å². The van der Waals surface area contributed by atoms with Gasteiger partial charge in [0, 0.05) is 12.3 Å². The molecule has 0 aromatic heterocycles. The van der Waals surface area contributed by atoms with Gasteiger partial charge in [0.2, 0.25) is 0 Å². The average Bonchev–Trinajstić information content (AvgIpc) is 2.90. The number of allylic oxidation sites excluding steroid dienone is 2. The van der Waals surface area contributed by atoms with Gasteiger partial charge in [-0.25, -0.2) is 0 Å². The van der Waals surface area contributed by atoms with Crippen LogP contribution in [0.4, 0.5) is 0 Å². The Labute approximate surface area is 236 Å². The molecule has 0 radical (unpaired) electrons. The summed E-state index contributed by atoms with van der Waals surface area (Å²) in [6, 6.07) is 10.1. The van der Waals surface area contributed by atoms with Gasteiger partial charge in [-0.3, -0.25) is 9.59 Å². The van der Waals surface area contributed by atoms with Gasteiger partial charge < -0.3 is 4.74 Å². The molecule has 3 heteroatoms. The molecule has 0 amide bonds. The van der Waals surface area contributed by atoms with Crippen molar-refractivity contribution in [2.75, 3.05) is 0 Å². The number of rotatable bonds is 3. The molecule has 212 valence electrons. The van der Waals surface area contributed by atoms with Gasteiger partial charge in [0.25, 0.3) is 0 Å². The van der Waals surface area contributed by atoms with E-state index in [1.165, 1.54) is 12.8 Å². The standard InChI is InChI=1S/C36H50O3/c1-24-26-14-17-35(6)30(33(26,4)16-15-29(24)37)13-12-27-28-22-32(2,3)18-20-36(28,21-19-34(27,35)5)31(38)39-23-25-10-8-7-9-11-25/h7-12,24,26,28,30H,13-23H2,1-6H3/t24-,26-,28-,30?,33-,34+,35+,36-/m0/s1. The maximum Gasteiger partial charge on any atom is 0.313 e. The highest BCUT2D eigenvalue weighted by Gasteiger charge is 2.68. The van der Waals surface area contributed by atoms with E-state index in [1.807, 2.05) is 30.3 Å². The van der Waals surface area contributed by atoms with Crippen molar-refractivity contribution in [2.45, 2.75) is 112 Å². The number of fused-ring (bicyclic) bond motifs is 7. The third-order valence-corrected chi connectivity index (χ3v) is 13.6. The molecule has 39 heavy (non-hydrogen) atoms. The Morgan fingerprint density at radius 2 is 1.67 bits per heavy atom. The minimum atomic E-state index is -0.397. The van der Waals surface area contributed by atoms with E-state index < -0.39 is 5.41 Å². The summed E-state index contributed by atoms with van der Waals surface area (Å²) in [7, 11) is 0. The number of hydrogen-bond acceptors (Lipinski definition) is 3. The Kier molecular flexibility index (Phi) is 6.33. The first kappa shape index (κ1) is 27.3. The van der Waals surface area contributed by atoms with Crippen LogP contribution in [0.5, 0.6) is 0 Å². The fourth-order valence-electron chi connectivity index (χ4n) is 10.9. The lowest BCUT2D eigenvalue weighted by molar-refractivity contribution is -0.184. The lowest BCUT2D eigenvalue weighted by Crippen LogP contribution is -2.63. The maximum atomic E-state index is 14.1. The normalized spacial score (nSPS) is 44.7. The van der Waals surface area contributed by atoms with Gasteiger partial charge in [0.15, 0.2) is 0 Å². The number of carbonyl (C=O) groups excluding carboxylic acids is 2. The summed E-state index contributed by atoms with van der Waals surface area (Å²) in [4.78, 5) is 26.8. The maximum absolute atomic E-state index is 14.1. The second kappa shape index (κ2) is 9.05. The van der Waals surface area contributed by atoms with E-state index >= 15 is 0 Å². The van der Waals surface area contributed by atoms with Crippen LogP contribution in [0, 0.1) is 50.7 Å². The van der Waals surface area contributed by atoms with Gasteiger partial charge in [-0.2, -0.15) is 0 Å². The Bertz CT molecular complexity index is 1180. The van der Waals surface area contributed by atoms with Crippen molar-refractivity contribution < 1.29 is 14.3 Å². The van der Waals surface area contributed by atoms with Crippen LogP contribution < -0.4 is 0 Å². The number of esters is 1. The van der Waals surface area contributed by atoms with Crippen LogP contribution >= 0.6 is 0 Å². The van der Waals surface area contributed by atoms with Crippen molar-refractivity contribution in [3.8, 4) is 0 Å². The molecular formula is C36H50O3. The topological polar surface area (TPSA) is 43.4 Å². The van der Waals surface area contributed by atoms with E-state index in [2.05, 4.69) is 47.6 Å². The van der Waals surface area contributed by atoms with Crippen LogP contribution in [0.15, 0.2) is 42.0 Å². The van der Waals surface area contributed by atoms with E-state index in [1.54, 1.807) is 5.57 Å². The average molecular weight is 531 g/mol. The summed E-state index contributed by atoms with van der Waals surface area (Å²) in [5.41, 5.74) is 2.99. The lowest BCUT2D eigenvalue weighted by atomic mass is 9.34. The van der Waals surface area contributed by atoms with Crippen molar-refractivity contribution in [1.82, 2.24) is 0 Å². The molecule has 1 unspecified atom stereocenters. The monoisotopic (exact) mass is 530 g/mol. The molecular weight excluding hydrogens is 480 g/mol. The van der Waals surface area contributed by atoms with Crippen LogP contribution in [0.25, 0.3) is 0 Å². The predicted octanol–water partition coefficient (Wildman–Crippen LogP) is 8.71. The zero-order valence-corrected chi connectivity index (χ0v) is 25.3. The number of ketones is 1. The van der Waals surface area contributed by atoms with Crippen LogP contribution in [0.2, 0.25) is 0 Å². The van der Waals surface area contributed by atoms with E-state index in [0.717, 1.165) is 56.9 Å². The van der Waals surface area contributed by atoms with E-state index in [4.69, 9.17) is 4.74 Å². The number of ether oxygens (including phenoxy) is 1. The highest BCUT2D eigenvalue weighted by Crippen LogP contribution is 2.74. The first-order valence-electron chi connectivity index (χ1n) is 15.8. The van der Waals surface area contributed by atoms with Gasteiger partial charge in [-0.15, -0.1) is 0 Å². The number of carbonyl (C=O) groups is 2. The van der Waals surface area contributed by atoms with Crippen molar-refractivity contribution in [2.24, 2.45) is 50.7 Å². The van der Waals surface area contributed by atoms with E-state index in [9.17, 15) is 9.59 Å². The Morgan fingerprint density at radius 3 is 2.41 bits per heavy atom. The number of benzene rings is 1. The highest BCUT2D eigenvalue weighted by molar-refractivity contribution is 5.82. The number of Topliss-reactive ketones (excluding diaryl/α,β-unsaturated/α-hetero) is 1. The zero-order chi connectivity index (χ0) is 27.8. The molecule has 6 rings (SSSR count). The minimum absolute atomic E-state index is 0.0392. The summed E-state index contributed by atoms with van der Waals surface area (Å²) in [5.74, 6) is 2.10. The number of hydrogen-bond donors (Lipinski definition) is 0. The first-order chi connectivity index (χ1) is 18.4. The second-order valence-corrected chi connectivity index (χ2v) is 15.7. The van der Waals surface area contributed by atoms with Crippen LogP contribution in [-0.2, 0) is 20.9 Å². The van der Waals surface area contributed by atoms with Gasteiger partial charge in [0.05, 0.1) is 5.41 Å².